The van der Waals surface area contributed by atoms with Crippen LogP contribution in [0.3, 0.4) is 0 Å². The number of aromatic nitrogens is 2. The average molecular weight is 465 g/mol. The summed E-state index contributed by atoms with van der Waals surface area (Å²) >= 11 is 3.17. The third-order valence-corrected chi connectivity index (χ3v) is 4.14. The van der Waals surface area contributed by atoms with E-state index in [4.69, 9.17) is 21.5 Å². The van der Waals surface area contributed by atoms with Crippen LogP contribution in [0.2, 0.25) is 0 Å². The van der Waals surface area contributed by atoms with Crippen molar-refractivity contribution in [2.75, 3.05) is 11.5 Å². The smallest absolute Gasteiger partial charge is 0.423 e. The van der Waals surface area contributed by atoms with E-state index in [1.165, 1.54) is 0 Å². The first kappa shape index (κ1) is 23.1. The second-order valence-corrected chi connectivity index (χ2v) is 6.85. The molecule has 0 bridgehead atoms. The Morgan fingerprint density at radius 1 is 0.700 bits per heavy atom. The number of hydrogen-bond acceptors (Lipinski definition) is 6. The molecule has 2 aromatic carbocycles. The number of pyridine rings is 2. The molecule has 0 atom stereocenters. The lowest BCUT2D eigenvalue weighted by atomic mass is 9.81. The molecule has 0 fully saturated rings. The molecule has 0 amide bonds. The van der Waals surface area contributed by atoms with Crippen molar-refractivity contribution in [2.45, 2.75) is 0 Å². The van der Waals surface area contributed by atoms with E-state index >= 15 is 0 Å². The maximum Gasteiger partial charge on any atom is 0.488 e. The maximum atomic E-state index is 8.58. The van der Waals surface area contributed by atoms with Crippen LogP contribution in [0.15, 0.2) is 102 Å². The van der Waals surface area contributed by atoms with Gasteiger partial charge in [0.25, 0.3) is 0 Å². The quantitative estimate of drug-likeness (QED) is 0.267. The van der Waals surface area contributed by atoms with E-state index in [-0.39, 0.29) is 0 Å². The zero-order valence-corrected chi connectivity index (χ0v) is 17.7. The fraction of sp³-hybridized carbons (Fsp3) is 0. The maximum absolute atomic E-state index is 8.58. The number of halogens is 1. The molecule has 0 aliphatic rings. The predicted octanol–water partition coefficient (Wildman–Crippen LogP) is 3.12. The molecule has 0 saturated carbocycles. The lowest BCUT2D eigenvalue weighted by Crippen LogP contribution is -2.29. The molecule has 0 aliphatic heterocycles. The Balaban J connectivity index is 0.000000167. The van der Waals surface area contributed by atoms with Gasteiger partial charge >= 0.3 is 7.12 Å². The number of hydrogen-bond donors (Lipinski definition) is 4. The highest BCUT2D eigenvalue weighted by Gasteiger charge is 2.07. The van der Waals surface area contributed by atoms with Crippen LogP contribution in [0.4, 0.5) is 11.4 Å². The zero-order chi connectivity index (χ0) is 21.8. The highest BCUT2D eigenvalue weighted by atomic mass is 79.9. The van der Waals surface area contributed by atoms with Crippen LogP contribution < -0.4 is 16.9 Å². The summed E-state index contributed by atoms with van der Waals surface area (Å²) in [7, 11) is -1.34. The van der Waals surface area contributed by atoms with E-state index in [2.05, 4.69) is 25.9 Å². The van der Waals surface area contributed by atoms with E-state index < -0.39 is 7.12 Å². The summed E-state index contributed by atoms with van der Waals surface area (Å²) in [5.41, 5.74) is 15.1. The number of nitrogen functional groups attached to an aromatic ring is 2. The SMILES string of the molecule is Nc1ccnc(-c2ccccc2)c1.Nc1ccnc(Br)c1.OB(O)c1ccccc1. The minimum atomic E-state index is -1.34. The van der Waals surface area contributed by atoms with E-state index in [9.17, 15) is 0 Å². The number of nitrogens with two attached hydrogens (primary N) is 2. The minimum Gasteiger partial charge on any atom is -0.423 e. The molecule has 30 heavy (non-hydrogen) atoms. The van der Waals surface area contributed by atoms with E-state index in [0.29, 0.717) is 5.46 Å². The van der Waals surface area contributed by atoms with Crippen molar-refractivity contribution >= 4 is 39.9 Å². The van der Waals surface area contributed by atoms with Gasteiger partial charge < -0.3 is 21.5 Å². The van der Waals surface area contributed by atoms with Gasteiger partial charge in [0, 0.05) is 29.3 Å². The van der Waals surface area contributed by atoms with Crippen molar-refractivity contribution in [2.24, 2.45) is 0 Å². The van der Waals surface area contributed by atoms with Gasteiger partial charge in [-0.2, -0.15) is 0 Å². The third kappa shape index (κ3) is 8.44. The molecule has 2 heterocycles. The van der Waals surface area contributed by atoms with Crippen molar-refractivity contribution < 1.29 is 10.0 Å². The largest absolute Gasteiger partial charge is 0.488 e. The van der Waals surface area contributed by atoms with Gasteiger partial charge in [0.2, 0.25) is 0 Å². The molecule has 6 nitrogen and oxygen atoms in total. The monoisotopic (exact) mass is 464 g/mol. The van der Waals surface area contributed by atoms with Crippen LogP contribution in [0.1, 0.15) is 0 Å². The van der Waals surface area contributed by atoms with Crippen LogP contribution in [0, 0.1) is 0 Å². The summed E-state index contributed by atoms with van der Waals surface area (Å²) in [6.07, 6.45) is 3.37. The Hall–Kier alpha value is -3.20. The summed E-state index contributed by atoms with van der Waals surface area (Å²) in [6, 6.07) is 25.8. The predicted molar refractivity (Wildman–Crippen MR) is 127 cm³/mol. The summed E-state index contributed by atoms with van der Waals surface area (Å²) in [4.78, 5) is 8.11. The standard InChI is InChI=1S/C11H10N2.C6H7BO2.C5H5BrN2/c12-10-6-7-13-11(8-10)9-4-2-1-3-5-9;8-7(9)6-4-2-1-3-5-6;6-5-3-4(7)1-2-8-5/h1-8H,(H2,12,13);1-5,8-9H;1-3H,(H2,7,8). The molecular formula is C22H22BBrN4O2. The van der Waals surface area contributed by atoms with Crippen LogP contribution >= 0.6 is 15.9 Å². The molecule has 6 N–H and O–H groups in total. The molecular weight excluding hydrogens is 443 g/mol. The number of benzene rings is 2. The molecule has 0 spiro atoms. The average Bonchev–Trinajstić information content (AvgIpc) is 2.76. The van der Waals surface area contributed by atoms with Gasteiger partial charge in [0.05, 0.1) is 5.69 Å². The molecule has 0 radical (unpaired) electrons. The van der Waals surface area contributed by atoms with Crippen LogP contribution in [0.5, 0.6) is 0 Å². The summed E-state index contributed by atoms with van der Waals surface area (Å²) < 4.78 is 0.775. The van der Waals surface area contributed by atoms with Crippen molar-refractivity contribution in [1.82, 2.24) is 9.97 Å². The normalized spacial score (nSPS) is 9.43. The lowest BCUT2D eigenvalue weighted by Gasteiger charge is -2.00. The second-order valence-electron chi connectivity index (χ2n) is 6.04. The van der Waals surface area contributed by atoms with E-state index in [0.717, 1.165) is 27.2 Å². The van der Waals surface area contributed by atoms with Crippen LogP contribution in [0.25, 0.3) is 11.3 Å². The van der Waals surface area contributed by atoms with Gasteiger partial charge in [0.15, 0.2) is 0 Å². The Labute approximate surface area is 184 Å². The van der Waals surface area contributed by atoms with E-state index in [1.807, 2.05) is 42.5 Å². The van der Waals surface area contributed by atoms with Crippen molar-refractivity contribution in [3.05, 3.63) is 102 Å². The van der Waals surface area contributed by atoms with Crippen molar-refractivity contribution in [3.8, 4) is 11.3 Å². The topological polar surface area (TPSA) is 118 Å². The molecule has 0 saturated heterocycles. The first-order valence-electron chi connectivity index (χ1n) is 9.01. The number of anilines is 2. The Kier molecular flexibility index (Phi) is 9.53. The highest BCUT2D eigenvalue weighted by Crippen LogP contribution is 2.17. The van der Waals surface area contributed by atoms with Gasteiger partial charge in [-0.15, -0.1) is 0 Å². The van der Waals surface area contributed by atoms with Crippen LogP contribution in [-0.2, 0) is 0 Å². The Morgan fingerprint density at radius 3 is 1.67 bits per heavy atom. The zero-order valence-electron chi connectivity index (χ0n) is 16.1. The minimum absolute atomic E-state index is 0.525. The molecule has 8 heteroatoms. The highest BCUT2D eigenvalue weighted by molar-refractivity contribution is 9.10. The van der Waals surface area contributed by atoms with Gasteiger partial charge in [-0.1, -0.05) is 60.7 Å². The third-order valence-electron chi connectivity index (χ3n) is 3.70. The van der Waals surface area contributed by atoms with Crippen molar-refractivity contribution in [3.63, 3.8) is 0 Å². The van der Waals surface area contributed by atoms with Gasteiger partial charge in [-0.05, 0) is 45.7 Å². The summed E-state index contributed by atoms with van der Waals surface area (Å²) in [6.45, 7) is 0. The van der Waals surface area contributed by atoms with Gasteiger partial charge in [-0.25, -0.2) is 4.98 Å². The van der Waals surface area contributed by atoms with Gasteiger partial charge in [0.1, 0.15) is 4.60 Å². The summed E-state index contributed by atoms with van der Waals surface area (Å²) in [5, 5.41) is 17.2. The Morgan fingerprint density at radius 2 is 1.23 bits per heavy atom. The fourth-order valence-electron chi connectivity index (χ4n) is 2.26. The molecule has 4 rings (SSSR count). The van der Waals surface area contributed by atoms with E-state index in [1.54, 1.807) is 54.9 Å². The Bertz CT molecular complexity index is 1000. The van der Waals surface area contributed by atoms with Crippen molar-refractivity contribution in [1.29, 1.82) is 0 Å². The summed E-state index contributed by atoms with van der Waals surface area (Å²) in [5.74, 6) is 0. The molecule has 2 aromatic heterocycles. The number of nitrogens with zero attached hydrogens (tertiary/aromatic N) is 2. The first-order valence-corrected chi connectivity index (χ1v) is 9.80. The lowest BCUT2D eigenvalue weighted by molar-refractivity contribution is 0.426. The fourth-order valence-corrected chi connectivity index (χ4v) is 2.64. The molecule has 152 valence electrons. The molecule has 0 aliphatic carbocycles. The first-order chi connectivity index (χ1) is 14.5. The van der Waals surface area contributed by atoms with Gasteiger partial charge in [-0.3, -0.25) is 4.98 Å². The molecule has 0 unspecified atom stereocenters. The van der Waals surface area contributed by atoms with Crippen LogP contribution in [-0.4, -0.2) is 27.1 Å². The second kappa shape index (κ2) is 12.4. The molecule has 4 aromatic rings. The number of rotatable bonds is 2.